The van der Waals surface area contributed by atoms with Crippen LogP contribution in [0.15, 0.2) is 30.3 Å². The number of nitrogens with zero attached hydrogens (tertiary/aromatic N) is 2. The summed E-state index contributed by atoms with van der Waals surface area (Å²) >= 11 is 0. The molecule has 0 radical (unpaired) electrons. The van der Waals surface area contributed by atoms with Crippen LogP contribution >= 0.6 is 0 Å². The van der Waals surface area contributed by atoms with Crippen molar-refractivity contribution in [3.8, 4) is 0 Å². The number of likely N-dealkylation sites (tertiary alicyclic amines) is 1. The molecule has 1 heterocycles. The average molecular weight is 319 g/mol. The highest BCUT2D eigenvalue weighted by Crippen LogP contribution is 2.18. The zero-order valence-electron chi connectivity index (χ0n) is 13.7. The molecule has 2 N–H and O–H groups in total. The van der Waals surface area contributed by atoms with Crippen LogP contribution in [0.2, 0.25) is 0 Å². The van der Waals surface area contributed by atoms with Gasteiger partial charge < -0.3 is 15.3 Å². The third kappa shape index (κ3) is 4.77. The average Bonchev–Trinajstić information content (AvgIpc) is 2.96. The van der Waals surface area contributed by atoms with Crippen molar-refractivity contribution in [2.45, 2.75) is 24.9 Å². The van der Waals surface area contributed by atoms with Crippen molar-refractivity contribution in [1.29, 1.82) is 0 Å². The second-order valence-corrected chi connectivity index (χ2v) is 6.16. The molecule has 0 spiro atoms. The number of carbonyl (C=O) groups excluding carboxylic acids is 1. The SMILES string of the molecule is CN(C)C(CNC(=O)CN1CCC[C@H]1C(=O)O)c1ccccc1. The standard InChI is InChI=1S/C17H25N3O3/c1-19(2)15(13-7-4-3-5-8-13)11-18-16(21)12-20-10-6-9-14(20)17(22)23/h3-5,7-8,14-15H,6,9-12H2,1-2H3,(H,18,21)(H,22,23)/t14-,15?/m0/s1. The Morgan fingerprint density at radius 2 is 2.04 bits per heavy atom. The first kappa shape index (κ1) is 17.4. The largest absolute Gasteiger partial charge is 0.480 e. The van der Waals surface area contributed by atoms with Crippen LogP contribution in [0.3, 0.4) is 0 Å². The summed E-state index contributed by atoms with van der Waals surface area (Å²) in [5.41, 5.74) is 1.14. The van der Waals surface area contributed by atoms with Crippen LogP contribution in [0, 0.1) is 0 Å². The highest BCUT2D eigenvalue weighted by atomic mass is 16.4. The summed E-state index contributed by atoms with van der Waals surface area (Å²) in [6, 6.07) is 9.57. The Bertz CT molecular complexity index is 533. The Kier molecular flexibility index (Phi) is 6.12. The van der Waals surface area contributed by atoms with Gasteiger partial charge in [0.25, 0.3) is 0 Å². The zero-order chi connectivity index (χ0) is 16.8. The fraction of sp³-hybridized carbons (Fsp3) is 0.529. The van der Waals surface area contributed by atoms with Gasteiger partial charge in [-0.2, -0.15) is 0 Å². The van der Waals surface area contributed by atoms with Crippen LogP contribution in [0.25, 0.3) is 0 Å². The quantitative estimate of drug-likeness (QED) is 0.783. The fourth-order valence-electron chi connectivity index (χ4n) is 3.02. The molecule has 23 heavy (non-hydrogen) atoms. The Morgan fingerprint density at radius 1 is 1.35 bits per heavy atom. The van der Waals surface area contributed by atoms with Crippen LogP contribution < -0.4 is 5.32 Å². The lowest BCUT2D eigenvalue weighted by Crippen LogP contribution is -2.44. The molecule has 6 nitrogen and oxygen atoms in total. The smallest absolute Gasteiger partial charge is 0.320 e. The summed E-state index contributed by atoms with van der Waals surface area (Å²) in [5, 5.41) is 12.1. The summed E-state index contributed by atoms with van der Waals surface area (Å²) in [5.74, 6) is -0.966. The maximum absolute atomic E-state index is 12.2. The normalized spacial score (nSPS) is 19.7. The van der Waals surface area contributed by atoms with E-state index >= 15 is 0 Å². The second kappa shape index (κ2) is 8.08. The summed E-state index contributed by atoms with van der Waals surface area (Å²) in [4.78, 5) is 27.1. The maximum atomic E-state index is 12.2. The van der Waals surface area contributed by atoms with E-state index in [2.05, 4.69) is 10.2 Å². The number of likely N-dealkylation sites (N-methyl/N-ethyl adjacent to an activating group) is 1. The molecule has 1 saturated heterocycles. The molecule has 2 atom stereocenters. The Balaban J connectivity index is 1.88. The molecule has 2 rings (SSSR count). The Hall–Kier alpha value is -1.92. The topological polar surface area (TPSA) is 72.9 Å². The Labute approximate surface area is 137 Å². The third-order valence-electron chi connectivity index (χ3n) is 4.30. The molecule has 1 aromatic carbocycles. The van der Waals surface area contributed by atoms with Crippen molar-refractivity contribution >= 4 is 11.9 Å². The molecular formula is C17H25N3O3. The van der Waals surface area contributed by atoms with Crippen molar-refractivity contribution in [2.75, 3.05) is 33.7 Å². The number of rotatable bonds is 7. The van der Waals surface area contributed by atoms with E-state index in [1.807, 2.05) is 44.4 Å². The molecule has 0 aliphatic carbocycles. The molecule has 0 saturated carbocycles. The van der Waals surface area contributed by atoms with E-state index in [1.165, 1.54) is 0 Å². The van der Waals surface area contributed by atoms with Crippen LogP contribution in [0.1, 0.15) is 24.4 Å². The fourth-order valence-corrected chi connectivity index (χ4v) is 3.02. The van der Waals surface area contributed by atoms with E-state index < -0.39 is 12.0 Å². The van der Waals surface area contributed by atoms with Gasteiger partial charge in [0.15, 0.2) is 0 Å². The monoisotopic (exact) mass is 319 g/mol. The van der Waals surface area contributed by atoms with Crippen molar-refractivity contribution in [3.05, 3.63) is 35.9 Å². The molecule has 126 valence electrons. The predicted molar refractivity (Wildman–Crippen MR) is 88.1 cm³/mol. The molecule has 1 aliphatic heterocycles. The predicted octanol–water partition coefficient (Wildman–Crippen LogP) is 0.955. The minimum Gasteiger partial charge on any atom is -0.480 e. The van der Waals surface area contributed by atoms with Crippen LogP contribution in [-0.2, 0) is 9.59 Å². The van der Waals surface area contributed by atoms with Crippen LogP contribution in [-0.4, -0.2) is 66.6 Å². The third-order valence-corrected chi connectivity index (χ3v) is 4.30. The van der Waals surface area contributed by atoms with E-state index in [0.29, 0.717) is 19.5 Å². The molecule has 1 amide bonds. The first-order valence-corrected chi connectivity index (χ1v) is 7.94. The Morgan fingerprint density at radius 3 is 2.65 bits per heavy atom. The van der Waals surface area contributed by atoms with Crippen molar-refractivity contribution in [1.82, 2.24) is 15.1 Å². The molecule has 0 bridgehead atoms. The number of carboxylic acids is 1. The minimum absolute atomic E-state index is 0.0917. The van der Waals surface area contributed by atoms with Crippen molar-refractivity contribution < 1.29 is 14.7 Å². The van der Waals surface area contributed by atoms with E-state index in [1.54, 1.807) is 4.90 Å². The van der Waals surface area contributed by atoms with Gasteiger partial charge in [-0.15, -0.1) is 0 Å². The number of amides is 1. The van der Waals surface area contributed by atoms with E-state index in [4.69, 9.17) is 5.11 Å². The lowest BCUT2D eigenvalue weighted by atomic mass is 10.1. The highest BCUT2D eigenvalue weighted by molar-refractivity contribution is 5.80. The van der Waals surface area contributed by atoms with Gasteiger partial charge in [-0.3, -0.25) is 14.5 Å². The second-order valence-electron chi connectivity index (χ2n) is 6.16. The number of carboxylic acid groups (broad SMARTS) is 1. The van der Waals surface area contributed by atoms with E-state index in [0.717, 1.165) is 12.0 Å². The molecule has 1 unspecified atom stereocenters. The summed E-state index contributed by atoms with van der Waals surface area (Å²) in [6.07, 6.45) is 1.45. The zero-order valence-corrected chi connectivity index (χ0v) is 13.7. The summed E-state index contributed by atoms with van der Waals surface area (Å²) in [6.45, 7) is 1.31. The van der Waals surface area contributed by atoms with Gasteiger partial charge >= 0.3 is 5.97 Å². The van der Waals surface area contributed by atoms with Gasteiger partial charge in [0.2, 0.25) is 5.91 Å². The number of nitrogens with one attached hydrogen (secondary N) is 1. The van der Waals surface area contributed by atoms with Crippen LogP contribution in [0.4, 0.5) is 0 Å². The van der Waals surface area contributed by atoms with Gasteiger partial charge in [0, 0.05) is 6.54 Å². The van der Waals surface area contributed by atoms with Crippen LogP contribution in [0.5, 0.6) is 0 Å². The number of carbonyl (C=O) groups is 2. The van der Waals surface area contributed by atoms with E-state index in [-0.39, 0.29) is 18.5 Å². The van der Waals surface area contributed by atoms with Gasteiger partial charge in [-0.1, -0.05) is 30.3 Å². The first-order valence-electron chi connectivity index (χ1n) is 7.94. The molecule has 6 heteroatoms. The van der Waals surface area contributed by atoms with Crippen molar-refractivity contribution in [3.63, 3.8) is 0 Å². The number of hydrogen-bond acceptors (Lipinski definition) is 4. The number of benzene rings is 1. The molecule has 1 aromatic rings. The maximum Gasteiger partial charge on any atom is 0.320 e. The van der Waals surface area contributed by atoms with Gasteiger partial charge in [0.05, 0.1) is 12.6 Å². The van der Waals surface area contributed by atoms with Crippen molar-refractivity contribution in [2.24, 2.45) is 0 Å². The lowest BCUT2D eigenvalue weighted by molar-refractivity contribution is -0.142. The molecule has 0 aromatic heterocycles. The van der Waals surface area contributed by atoms with Gasteiger partial charge in [0.1, 0.15) is 6.04 Å². The summed E-state index contributed by atoms with van der Waals surface area (Å²) in [7, 11) is 3.95. The molecular weight excluding hydrogens is 294 g/mol. The van der Waals surface area contributed by atoms with Gasteiger partial charge in [-0.05, 0) is 39.0 Å². The highest BCUT2D eigenvalue weighted by Gasteiger charge is 2.31. The number of hydrogen-bond donors (Lipinski definition) is 2. The molecule has 1 fully saturated rings. The lowest BCUT2D eigenvalue weighted by Gasteiger charge is -2.26. The number of aliphatic carboxylic acids is 1. The molecule has 1 aliphatic rings. The van der Waals surface area contributed by atoms with E-state index in [9.17, 15) is 9.59 Å². The van der Waals surface area contributed by atoms with Gasteiger partial charge in [-0.25, -0.2) is 0 Å². The minimum atomic E-state index is -0.842. The first-order chi connectivity index (χ1) is 11.0. The summed E-state index contributed by atoms with van der Waals surface area (Å²) < 4.78 is 0.